The molecule has 1 aliphatic heterocycles. The number of nitrogens with zero attached hydrogens (tertiary/aromatic N) is 2. The molecule has 0 atom stereocenters. The SMILES string of the molecule is C[Si]1(C)c2ccccc2-n2cnc3cccc1c32. The molecule has 0 saturated carbocycles. The molecule has 1 aromatic heterocycles. The van der Waals surface area contributed by atoms with Crippen molar-refractivity contribution in [3.63, 3.8) is 0 Å². The lowest BCUT2D eigenvalue weighted by Gasteiger charge is -2.32. The van der Waals surface area contributed by atoms with Crippen molar-refractivity contribution >= 4 is 29.5 Å². The smallest absolute Gasteiger partial charge is 0.117 e. The molecular weight excluding hydrogens is 236 g/mol. The predicted octanol–water partition coefficient (Wildman–Crippen LogP) is 2.16. The molecule has 18 heavy (non-hydrogen) atoms. The zero-order valence-corrected chi connectivity index (χ0v) is 11.5. The van der Waals surface area contributed by atoms with Crippen molar-refractivity contribution in [1.29, 1.82) is 0 Å². The summed E-state index contributed by atoms with van der Waals surface area (Å²) in [6.07, 6.45) is 1.96. The normalized spacial score (nSPS) is 15.7. The average Bonchev–Trinajstić information content (AvgIpc) is 2.81. The zero-order valence-electron chi connectivity index (χ0n) is 10.5. The summed E-state index contributed by atoms with van der Waals surface area (Å²) < 4.78 is 2.25. The highest BCUT2D eigenvalue weighted by Crippen LogP contribution is 2.24. The summed E-state index contributed by atoms with van der Waals surface area (Å²) in [4.78, 5) is 4.54. The highest BCUT2D eigenvalue weighted by atomic mass is 28.3. The van der Waals surface area contributed by atoms with E-state index in [2.05, 4.69) is 65.1 Å². The van der Waals surface area contributed by atoms with Crippen LogP contribution < -0.4 is 10.4 Å². The van der Waals surface area contributed by atoms with E-state index in [1.54, 1.807) is 0 Å². The van der Waals surface area contributed by atoms with E-state index in [0.717, 1.165) is 5.52 Å². The number of para-hydroxylation sites is 2. The number of fused-ring (bicyclic) bond motifs is 2. The van der Waals surface area contributed by atoms with Crippen molar-refractivity contribution < 1.29 is 0 Å². The molecule has 3 heteroatoms. The van der Waals surface area contributed by atoms with Gasteiger partial charge in [-0.25, -0.2) is 4.98 Å². The summed E-state index contributed by atoms with van der Waals surface area (Å²) in [6.45, 7) is 4.86. The summed E-state index contributed by atoms with van der Waals surface area (Å²) in [7, 11) is -1.59. The van der Waals surface area contributed by atoms with Crippen molar-refractivity contribution in [2.45, 2.75) is 13.1 Å². The number of rotatable bonds is 0. The number of imidazole rings is 1. The predicted molar refractivity (Wildman–Crippen MR) is 77.8 cm³/mol. The molecule has 2 heterocycles. The molecule has 88 valence electrons. The van der Waals surface area contributed by atoms with E-state index in [4.69, 9.17) is 0 Å². The molecule has 0 saturated heterocycles. The number of hydrogen-bond donors (Lipinski definition) is 0. The Kier molecular flexibility index (Phi) is 1.75. The van der Waals surface area contributed by atoms with Crippen molar-refractivity contribution in [3.8, 4) is 5.69 Å². The lowest BCUT2D eigenvalue weighted by Crippen LogP contribution is -2.57. The third-order valence-electron chi connectivity index (χ3n) is 4.08. The zero-order chi connectivity index (χ0) is 12.3. The monoisotopic (exact) mass is 250 g/mol. The van der Waals surface area contributed by atoms with Crippen molar-refractivity contribution in [3.05, 3.63) is 48.8 Å². The largest absolute Gasteiger partial charge is 0.299 e. The van der Waals surface area contributed by atoms with Gasteiger partial charge in [0.05, 0.1) is 11.0 Å². The Morgan fingerprint density at radius 2 is 1.72 bits per heavy atom. The van der Waals surface area contributed by atoms with Crippen LogP contribution in [0.3, 0.4) is 0 Å². The van der Waals surface area contributed by atoms with Gasteiger partial charge in [-0.1, -0.05) is 43.4 Å². The number of aromatic nitrogens is 2. The van der Waals surface area contributed by atoms with Crippen LogP contribution in [-0.2, 0) is 0 Å². The maximum Gasteiger partial charge on any atom is 0.117 e. The Balaban J connectivity index is 2.27. The van der Waals surface area contributed by atoms with Crippen molar-refractivity contribution in [1.82, 2.24) is 9.55 Å². The molecule has 0 unspecified atom stereocenters. The summed E-state index contributed by atoms with van der Waals surface area (Å²) >= 11 is 0. The second kappa shape index (κ2) is 3.12. The first-order valence-electron chi connectivity index (χ1n) is 6.26. The fourth-order valence-electron chi connectivity index (χ4n) is 3.11. The molecule has 3 aromatic rings. The fourth-order valence-corrected chi connectivity index (χ4v) is 6.11. The Labute approximate surface area is 107 Å². The van der Waals surface area contributed by atoms with E-state index in [1.165, 1.54) is 21.6 Å². The van der Waals surface area contributed by atoms with Crippen LogP contribution in [0.25, 0.3) is 16.7 Å². The third-order valence-corrected chi connectivity index (χ3v) is 7.60. The first kappa shape index (κ1) is 10.1. The van der Waals surface area contributed by atoms with Gasteiger partial charge in [-0.05, 0) is 22.5 Å². The second-order valence-electron chi connectivity index (χ2n) is 5.43. The van der Waals surface area contributed by atoms with Gasteiger partial charge in [0.25, 0.3) is 0 Å². The first-order chi connectivity index (χ1) is 8.69. The van der Waals surface area contributed by atoms with Gasteiger partial charge in [0, 0.05) is 5.69 Å². The lowest BCUT2D eigenvalue weighted by molar-refractivity contribution is 1.10. The van der Waals surface area contributed by atoms with Crippen molar-refractivity contribution in [2.24, 2.45) is 0 Å². The molecule has 1 aliphatic rings. The molecule has 4 rings (SSSR count). The summed E-state index contributed by atoms with van der Waals surface area (Å²) in [5, 5.41) is 3.00. The molecule has 0 fully saturated rings. The van der Waals surface area contributed by atoms with Gasteiger partial charge in [-0.3, -0.25) is 4.57 Å². The Morgan fingerprint density at radius 3 is 2.61 bits per heavy atom. The van der Waals surface area contributed by atoms with Gasteiger partial charge in [0.1, 0.15) is 14.4 Å². The van der Waals surface area contributed by atoms with E-state index in [9.17, 15) is 0 Å². The van der Waals surface area contributed by atoms with Crippen LogP contribution in [-0.4, -0.2) is 17.6 Å². The molecule has 0 spiro atoms. The minimum Gasteiger partial charge on any atom is -0.299 e. The lowest BCUT2D eigenvalue weighted by atomic mass is 10.2. The number of hydrogen-bond acceptors (Lipinski definition) is 1. The summed E-state index contributed by atoms with van der Waals surface area (Å²) in [5.41, 5.74) is 3.74. The maximum absolute atomic E-state index is 4.54. The minimum atomic E-state index is -1.59. The third kappa shape index (κ3) is 1.05. The summed E-state index contributed by atoms with van der Waals surface area (Å²) in [5.74, 6) is 0. The van der Waals surface area contributed by atoms with Gasteiger partial charge in [0.15, 0.2) is 0 Å². The first-order valence-corrected chi connectivity index (χ1v) is 9.26. The molecule has 2 aromatic carbocycles. The maximum atomic E-state index is 4.54. The molecule has 0 aliphatic carbocycles. The minimum absolute atomic E-state index is 1.11. The van der Waals surface area contributed by atoms with Crippen LogP contribution in [0.1, 0.15) is 0 Å². The summed E-state index contributed by atoms with van der Waals surface area (Å²) in [6, 6.07) is 15.3. The molecule has 0 N–H and O–H groups in total. The highest BCUT2D eigenvalue weighted by molar-refractivity contribution is 7.02. The van der Waals surface area contributed by atoms with E-state index in [0.29, 0.717) is 0 Å². The average molecular weight is 250 g/mol. The molecule has 0 radical (unpaired) electrons. The second-order valence-corrected chi connectivity index (χ2v) is 9.76. The van der Waals surface area contributed by atoms with Gasteiger partial charge in [-0.2, -0.15) is 0 Å². The van der Waals surface area contributed by atoms with E-state index in [1.807, 2.05) is 6.33 Å². The fraction of sp³-hybridized carbons (Fsp3) is 0.133. The van der Waals surface area contributed by atoms with Gasteiger partial charge in [0.2, 0.25) is 0 Å². The Hall–Kier alpha value is -1.87. The van der Waals surface area contributed by atoms with E-state index < -0.39 is 8.07 Å². The van der Waals surface area contributed by atoms with Crippen LogP contribution in [0.2, 0.25) is 13.1 Å². The molecular formula is C15H14N2Si. The van der Waals surface area contributed by atoms with Crippen LogP contribution >= 0.6 is 0 Å². The van der Waals surface area contributed by atoms with E-state index in [-0.39, 0.29) is 0 Å². The molecule has 0 bridgehead atoms. The van der Waals surface area contributed by atoms with Gasteiger partial charge < -0.3 is 0 Å². The number of benzene rings is 2. The standard InChI is InChI=1S/C15H14N2Si/c1-18(2)13-8-4-3-7-12(13)17-10-16-11-6-5-9-14(18)15(11)17/h3-10H,1-2H3. The van der Waals surface area contributed by atoms with Crippen LogP contribution in [0, 0.1) is 0 Å². The highest BCUT2D eigenvalue weighted by Gasteiger charge is 2.35. The molecule has 2 nitrogen and oxygen atoms in total. The Bertz CT molecular complexity index is 771. The van der Waals surface area contributed by atoms with Gasteiger partial charge >= 0.3 is 0 Å². The topological polar surface area (TPSA) is 17.8 Å². The molecule has 0 amide bonds. The quantitative estimate of drug-likeness (QED) is 0.559. The van der Waals surface area contributed by atoms with Crippen molar-refractivity contribution in [2.75, 3.05) is 0 Å². The van der Waals surface area contributed by atoms with Crippen LogP contribution in [0.15, 0.2) is 48.8 Å². The van der Waals surface area contributed by atoms with E-state index >= 15 is 0 Å². The van der Waals surface area contributed by atoms with Crippen LogP contribution in [0.4, 0.5) is 0 Å². The van der Waals surface area contributed by atoms with Gasteiger partial charge in [-0.15, -0.1) is 0 Å². The Morgan fingerprint density at radius 1 is 0.944 bits per heavy atom. The van der Waals surface area contributed by atoms with Crippen LogP contribution in [0.5, 0.6) is 0 Å².